The fraction of sp³-hybridized carbons (Fsp3) is 1.00. The average molecular weight is 176 g/mol. The van der Waals surface area contributed by atoms with Gasteiger partial charge in [-0.25, -0.2) is 0 Å². The van der Waals surface area contributed by atoms with Crippen molar-refractivity contribution >= 4 is 16.9 Å². The fourth-order valence-corrected chi connectivity index (χ4v) is 10.9. The first kappa shape index (κ1) is 10.4. The van der Waals surface area contributed by atoms with Gasteiger partial charge >= 0.3 is 0 Å². The van der Waals surface area contributed by atoms with Gasteiger partial charge in [-0.1, -0.05) is 32.7 Å². The van der Waals surface area contributed by atoms with E-state index in [2.05, 4.69) is 32.7 Å². The van der Waals surface area contributed by atoms with E-state index >= 15 is 0 Å². The van der Waals surface area contributed by atoms with E-state index in [1.54, 1.807) is 0 Å². The Morgan fingerprint density at radius 1 is 1.20 bits per heavy atom. The van der Waals surface area contributed by atoms with E-state index in [0.29, 0.717) is 5.35 Å². The highest BCUT2D eigenvalue weighted by Crippen LogP contribution is 2.13. The van der Waals surface area contributed by atoms with Crippen LogP contribution in [0.2, 0.25) is 32.7 Å². The lowest BCUT2D eigenvalue weighted by molar-refractivity contribution is 0.211. The van der Waals surface area contributed by atoms with Gasteiger partial charge in [-0.15, -0.1) is 0 Å². The summed E-state index contributed by atoms with van der Waals surface area (Å²) in [5.74, 6) is 0. The standard InChI is InChI=1S/C7H20OSi2/c1-8-7(9(2)3)10(4,5)6/h7,9H,1-6H3. The number of rotatable bonds is 3. The molecule has 0 radical (unpaired) electrons. The minimum absolute atomic E-state index is 0.571. The average Bonchev–Trinajstić information content (AvgIpc) is 1.60. The molecule has 0 rings (SSSR count). The predicted octanol–water partition coefficient (Wildman–Crippen LogP) is 1.90. The maximum atomic E-state index is 5.50. The van der Waals surface area contributed by atoms with Crippen LogP contribution in [-0.2, 0) is 4.74 Å². The van der Waals surface area contributed by atoms with E-state index in [1.807, 2.05) is 7.11 Å². The minimum atomic E-state index is -1.01. The maximum absolute atomic E-state index is 5.50. The summed E-state index contributed by atoms with van der Waals surface area (Å²) in [7, 11) is 0.276. The molecule has 0 aromatic carbocycles. The van der Waals surface area contributed by atoms with Crippen molar-refractivity contribution in [3.63, 3.8) is 0 Å². The molecule has 1 nitrogen and oxygen atoms in total. The van der Waals surface area contributed by atoms with Gasteiger partial charge in [0, 0.05) is 12.5 Å². The van der Waals surface area contributed by atoms with Crippen LogP contribution in [0.1, 0.15) is 0 Å². The molecule has 0 aliphatic heterocycles. The van der Waals surface area contributed by atoms with Crippen LogP contribution in [0.5, 0.6) is 0 Å². The zero-order valence-electron chi connectivity index (χ0n) is 8.06. The van der Waals surface area contributed by atoms with Crippen LogP contribution in [0.15, 0.2) is 0 Å². The van der Waals surface area contributed by atoms with Crippen LogP contribution >= 0.6 is 0 Å². The zero-order valence-corrected chi connectivity index (χ0v) is 10.2. The third-order valence-electron chi connectivity index (χ3n) is 1.71. The van der Waals surface area contributed by atoms with Crippen LogP contribution in [0.4, 0.5) is 0 Å². The van der Waals surface area contributed by atoms with Crippen LogP contribution in [0.25, 0.3) is 0 Å². The first-order valence-corrected chi connectivity index (χ1v) is 10.5. The second-order valence-electron chi connectivity index (χ2n) is 4.27. The van der Waals surface area contributed by atoms with E-state index < -0.39 is 16.9 Å². The Labute approximate surface area is 67.4 Å². The quantitative estimate of drug-likeness (QED) is 0.597. The maximum Gasteiger partial charge on any atom is 0.0740 e. The molecule has 0 amide bonds. The van der Waals surface area contributed by atoms with Crippen molar-refractivity contribution in [2.75, 3.05) is 7.11 Å². The highest BCUT2D eigenvalue weighted by molar-refractivity contribution is 6.88. The van der Waals surface area contributed by atoms with E-state index in [1.165, 1.54) is 0 Å². The summed E-state index contributed by atoms with van der Waals surface area (Å²) >= 11 is 0. The molecule has 0 saturated heterocycles. The van der Waals surface area contributed by atoms with Gasteiger partial charge in [0.05, 0.1) is 16.9 Å². The molecule has 1 unspecified atom stereocenters. The smallest absolute Gasteiger partial charge is 0.0740 e. The molecule has 0 aliphatic carbocycles. The Bertz CT molecular complexity index is 96.3. The summed E-state index contributed by atoms with van der Waals surface area (Å²) in [5, 5.41) is 0.646. The van der Waals surface area contributed by atoms with Crippen LogP contribution in [0, 0.1) is 0 Å². The lowest BCUT2D eigenvalue weighted by Gasteiger charge is -2.30. The molecule has 0 aromatic heterocycles. The molecule has 0 fully saturated rings. The topological polar surface area (TPSA) is 9.23 Å². The first-order chi connectivity index (χ1) is 4.39. The molecule has 0 aliphatic rings. The van der Waals surface area contributed by atoms with E-state index in [-0.39, 0.29) is 0 Å². The summed E-state index contributed by atoms with van der Waals surface area (Å²) in [5.41, 5.74) is 0. The lowest BCUT2D eigenvalue weighted by atomic mass is 11.5. The molecule has 0 aromatic rings. The van der Waals surface area contributed by atoms with Crippen LogP contribution < -0.4 is 0 Å². The second kappa shape index (κ2) is 3.69. The lowest BCUT2D eigenvalue weighted by Crippen LogP contribution is -2.47. The molecule has 0 saturated carbocycles. The SMILES string of the molecule is COC([SiH](C)C)[Si](C)(C)C. The Morgan fingerprint density at radius 2 is 1.60 bits per heavy atom. The van der Waals surface area contributed by atoms with Crippen LogP contribution in [0.3, 0.4) is 0 Å². The Hall–Kier alpha value is 0.394. The summed E-state index contributed by atoms with van der Waals surface area (Å²) in [6, 6.07) is 0. The fourth-order valence-electron chi connectivity index (χ4n) is 1.63. The van der Waals surface area contributed by atoms with Crippen molar-refractivity contribution in [1.82, 2.24) is 0 Å². The Kier molecular flexibility index (Phi) is 3.83. The summed E-state index contributed by atoms with van der Waals surface area (Å²) in [6.45, 7) is 11.9. The van der Waals surface area contributed by atoms with Gasteiger partial charge in [-0.2, -0.15) is 0 Å². The number of ether oxygens (including phenoxy) is 1. The van der Waals surface area contributed by atoms with Crippen molar-refractivity contribution in [2.45, 2.75) is 38.1 Å². The molecule has 3 heteroatoms. The van der Waals surface area contributed by atoms with Crippen molar-refractivity contribution in [2.24, 2.45) is 0 Å². The van der Waals surface area contributed by atoms with Crippen LogP contribution in [-0.4, -0.2) is 29.3 Å². The minimum Gasteiger partial charge on any atom is -0.388 e. The normalized spacial score (nSPS) is 15.9. The summed E-state index contributed by atoms with van der Waals surface area (Å²) < 4.78 is 5.50. The van der Waals surface area contributed by atoms with Crippen molar-refractivity contribution in [3.05, 3.63) is 0 Å². The third-order valence-corrected chi connectivity index (χ3v) is 10.1. The number of hydrogen-bond donors (Lipinski definition) is 0. The Morgan fingerprint density at radius 3 is 1.60 bits per heavy atom. The van der Waals surface area contributed by atoms with Gasteiger partial charge in [0.25, 0.3) is 0 Å². The summed E-state index contributed by atoms with van der Waals surface area (Å²) in [6.07, 6.45) is 0. The molecule has 1 atom stereocenters. The number of hydrogen-bond acceptors (Lipinski definition) is 1. The van der Waals surface area contributed by atoms with Crippen molar-refractivity contribution in [1.29, 1.82) is 0 Å². The summed E-state index contributed by atoms with van der Waals surface area (Å²) in [4.78, 5) is 0. The molecule has 10 heavy (non-hydrogen) atoms. The Balaban J connectivity index is 4.07. The van der Waals surface area contributed by atoms with Gasteiger partial charge in [0.15, 0.2) is 0 Å². The van der Waals surface area contributed by atoms with E-state index in [0.717, 1.165) is 0 Å². The number of methoxy groups -OCH3 is 1. The molecular formula is C7H20OSi2. The third kappa shape index (κ3) is 2.99. The van der Waals surface area contributed by atoms with E-state index in [9.17, 15) is 0 Å². The molecule has 0 heterocycles. The largest absolute Gasteiger partial charge is 0.388 e. The van der Waals surface area contributed by atoms with Gasteiger partial charge in [-0.3, -0.25) is 0 Å². The zero-order chi connectivity index (χ0) is 8.36. The molecule has 62 valence electrons. The molecule has 0 N–H and O–H groups in total. The van der Waals surface area contributed by atoms with Gasteiger partial charge < -0.3 is 4.74 Å². The first-order valence-electron chi connectivity index (χ1n) is 3.92. The second-order valence-corrected chi connectivity index (χ2v) is 13.3. The van der Waals surface area contributed by atoms with Gasteiger partial charge in [-0.05, 0) is 0 Å². The predicted molar refractivity (Wildman–Crippen MR) is 53.0 cm³/mol. The van der Waals surface area contributed by atoms with Gasteiger partial charge in [0.1, 0.15) is 0 Å². The highest BCUT2D eigenvalue weighted by Gasteiger charge is 2.29. The van der Waals surface area contributed by atoms with Gasteiger partial charge in [0.2, 0.25) is 0 Å². The molecular weight excluding hydrogens is 156 g/mol. The molecule has 0 spiro atoms. The van der Waals surface area contributed by atoms with Crippen molar-refractivity contribution in [3.8, 4) is 0 Å². The highest BCUT2D eigenvalue weighted by atomic mass is 28.4. The monoisotopic (exact) mass is 176 g/mol. The van der Waals surface area contributed by atoms with E-state index in [4.69, 9.17) is 4.74 Å². The van der Waals surface area contributed by atoms with Crippen molar-refractivity contribution < 1.29 is 4.74 Å². The molecule has 0 bridgehead atoms.